The fourth-order valence-corrected chi connectivity index (χ4v) is 3.74. The van der Waals surface area contributed by atoms with Crippen LogP contribution in [0.25, 0.3) is 0 Å². The number of imidazole rings is 3. The number of nitrogens with two attached hydrogens (primary N) is 2. The average Bonchev–Trinajstić information content (AvgIpc) is 3.70. The molecule has 0 saturated heterocycles. The molecule has 3 aromatic rings. The molecular formula is C23H31N11O6. The van der Waals surface area contributed by atoms with Crippen molar-refractivity contribution in [3.63, 3.8) is 0 Å². The Bertz CT molecular complexity index is 1260. The first-order chi connectivity index (χ1) is 19.1. The number of nitrogens with one attached hydrogen (secondary N) is 6. The molecule has 0 spiro atoms. The molecule has 0 fully saturated rings. The van der Waals surface area contributed by atoms with Crippen molar-refractivity contribution in [2.24, 2.45) is 11.5 Å². The molecule has 4 amide bonds. The Kier molecular flexibility index (Phi) is 10.5. The molecule has 4 atom stereocenters. The number of nitrogens with zero attached hydrogens (tertiary/aromatic N) is 3. The predicted octanol–water partition coefficient (Wildman–Crippen LogP) is -2.98. The summed E-state index contributed by atoms with van der Waals surface area (Å²) in [5, 5.41) is 17.0. The predicted molar refractivity (Wildman–Crippen MR) is 137 cm³/mol. The smallest absolute Gasteiger partial charge is 0.326 e. The lowest BCUT2D eigenvalue weighted by Crippen LogP contribution is -2.58. The Labute approximate surface area is 227 Å². The van der Waals surface area contributed by atoms with Crippen molar-refractivity contribution in [2.75, 3.05) is 0 Å². The summed E-state index contributed by atoms with van der Waals surface area (Å²) in [7, 11) is 0. The minimum Gasteiger partial charge on any atom is -0.480 e. The minimum atomic E-state index is -1.43. The Morgan fingerprint density at radius 1 is 0.725 bits per heavy atom. The number of amides is 4. The van der Waals surface area contributed by atoms with Crippen molar-refractivity contribution in [3.05, 3.63) is 54.7 Å². The number of primary amides is 1. The molecular weight excluding hydrogens is 526 g/mol. The zero-order valence-corrected chi connectivity index (χ0v) is 21.3. The summed E-state index contributed by atoms with van der Waals surface area (Å²) >= 11 is 0. The molecule has 0 radical (unpaired) electrons. The number of carbonyl (C=O) groups excluding carboxylic acids is 4. The number of aliphatic carboxylic acids is 1. The van der Waals surface area contributed by atoms with Crippen molar-refractivity contribution in [3.8, 4) is 0 Å². The molecule has 3 rings (SSSR count). The minimum absolute atomic E-state index is 0.0108. The van der Waals surface area contributed by atoms with Gasteiger partial charge in [-0.2, -0.15) is 0 Å². The van der Waals surface area contributed by atoms with E-state index in [2.05, 4.69) is 45.9 Å². The van der Waals surface area contributed by atoms with Gasteiger partial charge in [0.2, 0.25) is 23.6 Å². The largest absolute Gasteiger partial charge is 0.480 e. The first-order valence-electron chi connectivity index (χ1n) is 12.2. The zero-order valence-electron chi connectivity index (χ0n) is 21.3. The van der Waals surface area contributed by atoms with Crippen LogP contribution < -0.4 is 27.4 Å². The normalized spacial score (nSPS) is 13.9. The second-order valence-corrected chi connectivity index (χ2v) is 8.98. The van der Waals surface area contributed by atoms with Gasteiger partial charge in [-0.05, 0) is 6.42 Å². The summed E-state index contributed by atoms with van der Waals surface area (Å²) < 4.78 is 0. The van der Waals surface area contributed by atoms with Crippen LogP contribution in [0.5, 0.6) is 0 Å². The van der Waals surface area contributed by atoms with E-state index in [0.717, 1.165) is 0 Å². The van der Waals surface area contributed by atoms with E-state index >= 15 is 0 Å². The molecule has 17 heteroatoms. The van der Waals surface area contributed by atoms with Crippen LogP contribution in [0.4, 0.5) is 0 Å². The highest BCUT2D eigenvalue weighted by molar-refractivity contribution is 5.94. The topological polar surface area (TPSA) is 280 Å². The van der Waals surface area contributed by atoms with E-state index in [0.29, 0.717) is 17.1 Å². The van der Waals surface area contributed by atoms with E-state index in [1.165, 1.54) is 37.6 Å². The van der Waals surface area contributed by atoms with Crippen LogP contribution in [0.2, 0.25) is 0 Å². The number of carboxylic acids is 1. The number of aromatic nitrogens is 6. The molecule has 3 heterocycles. The number of carbonyl (C=O) groups is 5. The average molecular weight is 558 g/mol. The van der Waals surface area contributed by atoms with Crippen LogP contribution in [-0.4, -0.2) is 88.8 Å². The van der Waals surface area contributed by atoms with Crippen LogP contribution >= 0.6 is 0 Å². The van der Waals surface area contributed by atoms with Gasteiger partial charge in [-0.15, -0.1) is 0 Å². The summed E-state index contributed by atoms with van der Waals surface area (Å²) in [6, 6.07) is -4.89. The number of hydrogen-bond acceptors (Lipinski definition) is 9. The van der Waals surface area contributed by atoms with Crippen LogP contribution in [0.3, 0.4) is 0 Å². The second kappa shape index (κ2) is 14.2. The maximum absolute atomic E-state index is 13.4. The van der Waals surface area contributed by atoms with Crippen LogP contribution in [0, 0.1) is 0 Å². The van der Waals surface area contributed by atoms with E-state index in [1.807, 2.05) is 0 Å². The number of rotatable bonds is 16. The van der Waals surface area contributed by atoms with E-state index in [4.69, 9.17) is 11.5 Å². The van der Waals surface area contributed by atoms with Crippen LogP contribution in [0.1, 0.15) is 29.9 Å². The molecule has 3 aromatic heterocycles. The first kappa shape index (κ1) is 29.5. The van der Waals surface area contributed by atoms with Gasteiger partial charge >= 0.3 is 5.97 Å². The fourth-order valence-electron chi connectivity index (χ4n) is 3.74. The monoisotopic (exact) mass is 557 g/mol. The lowest BCUT2D eigenvalue weighted by molar-refractivity contribution is -0.142. The molecule has 0 aliphatic carbocycles. The molecule has 0 saturated carbocycles. The summed E-state index contributed by atoms with van der Waals surface area (Å²) in [6.45, 7) is 0. The van der Waals surface area contributed by atoms with Gasteiger partial charge in [-0.3, -0.25) is 19.2 Å². The molecule has 0 bridgehead atoms. The Morgan fingerprint density at radius 2 is 1.15 bits per heavy atom. The van der Waals surface area contributed by atoms with Crippen molar-refractivity contribution in [1.82, 2.24) is 45.9 Å². The maximum Gasteiger partial charge on any atom is 0.326 e. The molecule has 0 aromatic carbocycles. The van der Waals surface area contributed by atoms with E-state index in [1.54, 1.807) is 0 Å². The van der Waals surface area contributed by atoms with Crippen molar-refractivity contribution in [1.29, 1.82) is 0 Å². The van der Waals surface area contributed by atoms with Crippen LogP contribution in [-0.2, 0) is 43.2 Å². The summed E-state index contributed by atoms with van der Waals surface area (Å²) in [6.07, 6.45) is 8.19. The highest BCUT2D eigenvalue weighted by Gasteiger charge is 2.31. The summed E-state index contributed by atoms with van der Waals surface area (Å²) in [5.41, 5.74) is 12.8. The van der Waals surface area contributed by atoms with Gasteiger partial charge in [0.05, 0.1) is 25.0 Å². The highest BCUT2D eigenvalue weighted by Crippen LogP contribution is 2.06. The van der Waals surface area contributed by atoms with Gasteiger partial charge in [0, 0.05) is 61.4 Å². The van der Waals surface area contributed by atoms with Crippen molar-refractivity contribution < 1.29 is 29.1 Å². The standard InChI is InChI=1S/C23H31N11O6/c24-15(3-12-6-26-9-29-12)20(36)33-17(4-13-7-27-10-30-13)22(38)34-18(5-14-8-28-11-31-14)21(37)32-16(23(39)40)1-2-19(25)35/h6-11,15-18H,1-5,24H2,(H2,25,35)(H,26,29)(H,27,30)(H,28,31)(H,32,37)(H,33,36)(H,34,38)(H,39,40). The van der Waals surface area contributed by atoms with Gasteiger partial charge in [0.1, 0.15) is 18.1 Å². The number of H-pyrrole nitrogens is 3. The van der Waals surface area contributed by atoms with Gasteiger partial charge in [-0.1, -0.05) is 0 Å². The molecule has 4 unspecified atom stereocenters. The van der Waals surface area contributed by atoms with Gasteiger partial charge in [0.15, 0.2) is 0 Å². The summed E-state index contributed by atoms with van der Waals surface area (Å²) in [4.78, 5) is 82.4. The second-order valence-electron chi connectivity index (χ2n) is 8.98. The Hall–Kier alpha value is -5.06. The molecule has 11 N–H and O–H groups in total. The Morgan fingerprint density at radius 3 is 1.55 bits per heavy atom. The van der Waals surface area contributed by atoms with E-state index < -0.39 is 53.8 Å². The third-order valence-electron chi connectivity index (χ3n) is 5.85. The molecule has 214 valence electrons. The van der Waals surface area contributed by atoms with E-state index in [9.17, 15) is 29.1 Å². The highest BCUT2D eigenvalue weighted by atomic mass is 16.4. The lowest BCUT2D eigenvalue weighted by atomic mass is 10.1. The molecule has 0 aliphatic heterocycles. The summed E-state index contributed by atoms with van der Waals surface area (Å²) in [5.74, 6) is -4.30. The van der Waals surface area contributed by atoms with Gasteiger partial charge in [0.25, 0.3) is 0 Å². The Balaban J connectivity index is 1.76. The van der Waals surface area contributed by atoms with Crippen molar-refractivity contribution in [2.45, 2.75) is 56.3 Å². The third-order valence-corrected chi connectivity index (χ3v) is 5.85. The van der Waals surface area contributed by atoms with Gasteiger partial charge in [-0.25, -0.2) is 19.7 Å². The van der Waals surface area contributed by atoms with Crippen molar-refractivity contribution >= 4 is 29.6 Å². The molecule has 17 nitrogen and oxygen atoms in total. The van der Waals surface area contributed by atoms with Gasteiger partial charge < -0.3 is 47.5 Å². The number of hydrogen-bond donors (Lipinski definition) is 9. The number of carboxylic acid groups (broad SMARTS) is 1. The quantitative estimate of drug-likeness (QED) is 0.0861. The third kappa shape index (κ3) is 9.05. The van der Waals surface area contributed by atoms with Crippen LogP contribution in [0.15, 0.2) is 37.6 Å². The number of aromatic amines is 3. The SMILES string of the molecule is NC(=O)CCC(NC(=O)C(Cc1cnc[nH]1)NC(=O)C(Cc1cnc[nH]1)NC(=O)C(N)Cc1cnc[nH]1)C(=O)O. The zero-order chi connectivity index (χ0) is 29.1. The maximum atomic E-state index is 13.4. The first-order valence-corrected chi connectivity index (χ1v) is 12.2. The molecule has 40 heavy (non-hydrogen) atoms. The van der Waals surface area contributed by atoms with E-state index in [-0.39, 0.29) is 32.1 Å². The lowest BCUT2D eigenvalue weighted by Gasteiger charge is -2.25. The molecule has 0 aliphatic rings. The fraction of sp³-hybridized carbons (Fsp3) is 0.391.